The smallest absolute Gasteiger partial charge is 0.280 e. The van der Waals surface area contributed by atoms with E-state index in [9.17, 15) is 24.8 Å². The molecule has 2 rings (SSSR count). The second-order valence-corrected chi connectivity index (χ2v) is 4.21. The third kappa shape index (κ3) is 2.85. The number of rotatable bonds is 5. The molecule has 0 aliphatic carbocycles. The number of aliphatic hydroxyl groups is 1. The normalized spacial score (nSPS) is 11.7. The largest absolute Gasteiger partial charge is 0.380 e. The summed E-state index contributed by atoms with van der Waals surface area (Å²) in [6, 6.07) is 11.4. The molecule has 0 aliphatic rings. The van der Waals surface area contributed by atoms with E-state index < -0.39 is 16.8 Å². The number of benzene rings is 2. The van der Waals surface area contributed by atoms with Gasteiger partial charge in [0.25, 0.3) is 5.69 Å². The van der Waals surface area contributed by atoms with E-state index in [0.29, 0.717) is 0 Å². The van der Waals surface area contributed by atoms with E-state index in [4.69, 9.17) is 0 Å². The Morgan fingerprint density at radius 3 is 2.29 bits per heavy atom. The first-order chi connectivity index (χ1) is 10.1. The highest BCUT2D eigenvalue weighted by atomic mass is 16.6. The van der Waals surface area contributed by atoms with E-state index >= 15 is 0 Å². The van der Waals surface area contributed by atoms with Gasteiger partial charge in [-0.1, -0.05) is 36.4 Å². The van der Waals surface area contributed by atoms with Gasteiger partial charge in [-0.05, 0) is 11.6 Å². The lowest BCUT2D eigenvalue weighted by atomic mass is 9.95. The minimum atomic E-state index is -1.58. The van der Waals surface area contributed by atoms with Gasteiger partial charge in [0.15, 0.2) is 5.78 Å². The van der Waals surface area contributed by atoms with Gasteiger partial charge in [0.2, 0.25) is 6.29 Å². The number of ketones is 1. The minimum absolute atomic E-state index is 0.0302. The van der Waals surface area contributed by atoms with Crippen molar-refractivity contribution < 1.29 is 19.6 Å². The van der Waals surface area contributed by atoms with E-state index in [1.807, 2.05) is 0 Å². The van der Waals surface area contributed by atoms with Crippen LogP contribution in [0.3, 0.4) is 0 Å². The topological polar surface area (TPSA) is 97.5 Å². The zero-order valence-electron chi connectivity index (χ0n) is 10.7. The molecule has 6 heteroatoms. The Morgan fingerprint density at radius 2 is 1.67 bits per heavy atom. The van der Waals surface area contributed by atoms with Crippen LogP contribution < -0.4 is 0 Å². The Balaban J connectivity index is 2.56. The Labute approximate surface area is 119 Å². The second-order valence-electron chi connectivity index (χ2n) is 4.21. The maximum atomic E-state index is 12.5. The summed E-state index contributed by atoms with van der Waals surface area (Å²) >= 11 is 0. The first kappa shape index (κ1) is 14.5. The molecule has 0 aliphatic heterocycles. The van der Waals surface area contributed by atoms with Gasteiger partial charge in [-0.15, -0.1) is 0 Å². The van der Waals surface area contributed by atoms with Crippen LogP contribution >= 0.6 is 0 Å². The molecule has 0 saturated heterocycles. The minimum Gasteiger partial charge on any atom is -0.380 e. The molecule has 105 valence electrons. The number of carbonyl (C=O) groups excluding carboxylic acids is 2. The Bertz CT molecular complexity index is 711. The van der Waals surface area contributed by atoms with Crippen molar-refractivity contribution in [3.8, 4) is 0 Å². The molecule has 0 saturated carbocycles. The highest BCUT2D eigenvalue weighted by molar-refractivity contribution is 6.12. The molecule has 1 N–H and O–H groups in total. The molecule has 0 fully saturated rings. The Morgan fingerprint density at radius 1 is 1.10 bits per heavy atom. The van der Waals surface area contributed by atoms with E-state index in [-0.39, 0.29) is 22.4 Å². The second kappa shape index (κ2) is 6.06. The fourth-order valence-electron chi connectivity index (χ4n) is 1.98. The Kier molecular flexibility index (Phi) is 4.20. The summed E-state index contributed by atoms with van der Waals surface area (Å²) in [7, 11) is 0. The predicted octanol–water partition coefficient (Wildman–Crippen LogP) is 1.97. The van der Waals surface area contributed by atoms with Crippen molar-refractivity contribution in [2.45, 2.75) is 6.10 Å². The fourth-order valence-corrected chi connectivity index (χ4v) is 1.98. The Hall–Kier alpha value is -2.86. The third-order valence-electron chi connectivity index (χ3n) is 2.96. The van der Waals surface area contributed by atoms with Crippen molar-refractivity contribution in [2.75, 3.05) is 0 Å². The van der Waals surface area contributed by atoms with Crippen molar-refractivity contribution in [2.24, 2.45) is 0 Å². The molecule has 0 aromatic heterocycles. The van der Waals surface area contributed by atoms with Gasteiger partial charge >= 0.3 is 0 Å². The molecule has 0 spiro atoms. The quantitative estimate of drug-likeness (QED) is 0.514. The number of nitro benzene ring substituents is 1. The molecule has 1 atom stereocenters. The van der Waals surface area contributed by atoms with Crippen molar-refractivity contribution in [3.05, 3.63) is 75.3 Å². The number of para-hydroxylation sites is 1. The van der Waals surface area contributed by atoms with Gasteiger partial charge in [-0.3, -0.25) is 19.7 Å². The zero-order valence-corrected chi connectivity index (χ0v) is 10.7. The van der Waals surface area contributed by atoms with Crippen LogP contribution in [0.2, 0.25) is 0 Å². The third-order valence-corrected chi connectivity index (χ3v) is 2.96. The van der Waals surface area contributed by atoms with Gasteiger partial charge in [-0.2, -0.15) is 0 Å². The molecule has 2 aromatic rings. The highest BCUT2D eigenvalue weighted by Gasteiger charge is 2.24. The van der Waals surface area contributed by atoms with Crippen LogP contribution in [0.1, 0.15) is 27.6 Å². The van der Waals surface area contributed by atoms with Gasteiger partial charge in [0, 0.05) is 11.6 Å². The molecule has 0 amide bonds. The lowest BCUT2D eigenvalue weighted by molar-refractivity contribution is -0.385. The molecular formula is C15H10NO5. The zero-order chi connectivity index (χ0) is 15.4. The van der Waals surface area contributed by atoms with Crippen molar-refractivity contribution in [1.82, 2.24) is 0 Å². The maximum Gasteiger partial charge on any atom is 0.280 e. The van der Waals surface area contributed by atoms with Gasteiger partial charge in [-0.25, -0.2) is 0 Å². The van der Waals surface area contributed by atoms with Gasteiger partial charge in [0.1, 0.15) is 11.7 Å². The molecule has 2 aromatic carbocycles. The van der Waals surface area contributed by atoms with Crippen LogP contribution in [-0.4, -0.2) is 22.1 Å². The average molecular weight is 284 g/mol. The number of nitro groups is 1. The predicted molar refractivity (Wildman–Crippen MR) is 73.6 cm³/mol. The van der Waals surface area contributed by atoms with Crippen LogP contribution in [-0.2, 0) is 4.79 Å². The number of nitrogens with zero attached hydrogens (tertiary/aromatic N) is 1. The summed E-state index contributed by atoms with van der Waals surface area (Å²) in [6.45, 7) is 0. The maximum absolute atomic E-state index is 12.5. The van der Waals surface area contributed by atoms with Crippen molar-refractivity contribution in [1.29, 1.82) is 0 Å². The molecule has 1 radical (unpaired) electrons. The first-order valence-corrected chi connectivity index (χ1v) is 5.99. The van der Waals surface area contributed by atoms with E-state index in [1.165, 1.54) is 42.7 Å². The number of carbonyl (C=O) groups is 1. The summed E-state index contributed by atoms with van der Waals surface area (Å²) < 4.78 is 0. The molecule has 1 unspecified atom stereocenters. The number of hydrogen-bond acceptors (Lipinski definition) is 5. The van der Waals surface area contributed by atoms with Crippen LogP contribution in [0.4, 0.5) is 5.69 Å². The van der Waals surface area contributed by atoms with Crippen LogP contribution in [0.5, 0.6) is 0 Å². The van der Waals surface area contributed by atoms with E-state index in [0.717, 1.165) is 0 Å². The molecule has 0 heterocycles. The molecule has 0 bridgehead atoms. The standard InChI is InChI=1S/C15H10NO5/c17-9-14(18)10-5-1-2-6-11(10)15(19)12-7-3-4-8-13(12)16(20)21/h1-8,14,18H. The van der Waals surface area contributed by atoms with Crippen LogP contribution in [0.15, 0.2) is 48.5 Å². The summed E-state index contributed by atoms with van der Waals surface area (Å²) in [5.74, 6) is -0.632. The lowest BCUT2D eigenvalue weighted by Gasteiger charge is -2.09. The van der Waals surface area contributed by atoms with E-state index in [2.05, 4.69) is 0 Å². The molecular weight excluding hydrogens is 274 g/mol. The average Bonchev–Trinajstić information content (AvgIpc) is 2.53. The lowest BCUT2D eigenvalue weighted by Crippen LogP contribution is -2.11. The summed E-state index contributed by atoms with van der Waals surface area (Å²) in [5, 5.41) is 20.5. The summed E-state index contributed by atoms with van der Waals surface area (Å²) in [6.07, 6.45) is -0.191. The summed E-state index contributed by atoms with van der Waals surface area (Å²) in [5.41, 5.74) is -0.340. The van der Waals surface area contributed by atoms with Crippen LogP contribution in [0, 0.1) is 10.1 Å². The first-order valence-electron chi connectivity index (χ1n) is 5.99. The van der Waals surface area contributed by atoms with Gasteiger partial charge in [0.05, 0.1) is 4.92 Å². The van der Waals surface area contributed by atoms with Crippen molar-refractivity contribution >= 4 is 17.8 Å². The summed E-state index contributed by atoms with van der Waals surface area (Å²) in [4.78, 5) is 33.4. The monoisotopic (exact) mass is 284 g/mol. The number of aliphatic hydroxyl groups excluding tert-OH is 1. The van der Waals surface area contributed by atoms with Crippen molar-refractivity contribution in [3.63, 3.8) is 0 Å². The fraction of sp³-hybridized carbons (Fsp3) is 0.0667. The molecule has 6 nitrogen and oxygen atoms in total. The molecule has 21 heavy (non-hydrogen) atoms. The van der Waals surface area contributed by atoms with E-state index in [1.54, 1.807) is 12.1 Å². The van der Waals surface area contributed by atoms with Crippen LogP contribution in [0.25, 0.3) is 0 Å². The highest BCUT2D eigenvalue weighted by Crippen LogP contribution is 2.25. The number of hydrogen-bond donors (Lipinski definition) is 1. The SMILES string of the molecule is O=[C]C(O)c1ccccc1C(=O)c1ccccc1[N+](=O)[O-]. The van der Waals surface area contributed by atoms with Gasteiger partial charge < -0.3 is 5.11 Å².